The van der Waals surface area contributed by atoms with Crippen molar-refractivity contribution in [3.05, 3.63) is 42.5 Å². The number of thiazole rings is 1. The van der Waals surface area contributed by atoms with Gasteiger partial charge in [0.15, 0.2) is 5.13 Å². The van der Waals surface area contributed by atoms with Crippen molar-refractivity contribution >= 4 is 36.7 Å². The second-order valence-corrected chi connectivity index (χ2v) is 8.32. The van der Waals surface area contributed by atoms with Crippen LogP contribution in [0.1, 0.15) is 19.8 Å². The number of anilines is 1. The molecule has 0 unspecified atom stereocenters. The number of methoxy groups -OCH3 is 1. The summed E-state index contributed by atoms with van der Waals surface area (Å²) in [5.41, 5.74) is 0.636. The summed E-state index contributed by atoms with van der Waals surface area (Å²) in [6.45, 7) is 2.71. The van der Waals surface area contributed by atoms with E-state index >= 15 is 0 Å². The molecule has 3 aromatic rings. The van der Waals surface area contributed by atoms with E-state index in [1.807, 2.05) is 12.1 Å². The van der Waals surface area contributed by atoms with E-state index in [1.165, 1.54) is 23.5 Å². The van der Waals surface area contributed by atoms with Gasteiger partial charge in [-0.15, -0.1) is 0 Å². The summed E-state index contributed by atoms with van der Waals surface area (Å²) in [5.74, 6) is 1.26. The zero-order valence-corrected chi connectivity index (χ0v) is 16.2. The Morgan fingerprint density at radius 2 is 1.92 bits per heavy atom. The number of sulfonamides is 1. The largest absolute Gasteiger partial charge is 0.494 e. The maximum absolute atomic E-state index is 12.6. The first-order chi connectivity index (χ1) is 12.5. The number of hydrogen-bond donors (Lipinski definition) is 1. The van der Waals surface area contributed by atoms with Crippen LogP contribution >= 0.6 is 11.3 Å². The third-order valence-corrected chi connectivity index (χ3v) is 6.14. The molecule has 138 valence electrons. The lowest BCUT2D eigenvalue weighted by Crippen LogP contribution is -2.12. The summed E-state index contributed by atoms with van der Waals surface area (Å²) in [4.78, 5) is 4.50. The van der Waals surface area contributed by atoms with Crippen LogP contribution in [-0.2, 0) is 10.0 Å². The van der Waals surface area contributed by atoms with E-state index in [2.05, 4.69) is 16.6 Å². The van der Waals surface area contributed by atoms with E-state index in [0.717, 1.165) is 17.5 Å². The average Bonchev–Trinajstić information content (AvgIpc) is 3.04. The fourth-order valence-corrected chi connectivity index (χ4v) is 4.47. The predicted octanol–water partition coefficient (Wildman–Crippen LogP) is 4.28. The molecule has 3 rings (SSSR count). The Morgan fingerprint density at radius 1 is 1.15 bits per heavy atom. The fourth-order valence-electron chi connectivity index (χ4n) is 2.35. The Morgan fingerprint density at radius 3 is 2.62 bits per heavy atom. The molecule has 0 spiro atoms. The number of fused-ring (bicyclic) bond motifs is 1. The van der Waals surface area contributed by atoms with Gasteiger partial charge in [0.05, 0.1) is 23.3 Å². The van der Waals surface area contributed by atoms with E-state index in [-0.39, 0.29) is 4.90 Å². The average molecular weight is 393 g/mol. The number of rotatable bonds is 8. The number of hydrogen-bond acceptors (Lipinski definition) is 6. The highest BCUT2D eigenvalue weighted by atomic mass is 32.2. The van der Waals surface area contributed by atoms with E-state index in [4.69, 9.17) is 9.47 Å². The molecule has 1 heterocycles. The zero-order chi connectivity index (χ0) is 18.6. The van der Waals surface area contributed by atoms with E-state index in [0.29, 0.717) is 28.8 Å². The van der Waals surface area contributed by atoms with E-state index in [9.17, 15) is 8.42 Å². The van der Waals surface area contributed by atoms with Crippen LogP contribution < -0.4 is 14.2 Å². The van der Waals surface area contributed by atoms with Crippen LogP contribution in [0, 0.1) is 0 Å². The van der Waals surface area contributed by atoms with Crippen molar-refractivity contribution in [2.75, 3.05) is 18.4 Å². The second kappa shape index (κ2) is 7.92. The quantitative estimate of drug-likeness (QED) is 0.579. The molecule has 8 heteroatoms. The molecular weight excluding hydrogens is 372 g/mol. The minimum atomic E-state index is -3.72. The highest BCUT2D eigenvalue weighted by Crippen LogP contribution is 2.33. The van der Waals surface area contributed by atoms with Gasteiger partial charge in [-0.05, 0) is 42.8 Å². The summed E-state index contributed by atoms with van der Waals surface area (Å²) in [7, 11) is -2.16. The lowest BCUT2D eigenvalue weighted by atomic mass is 10.3. The molecular formula is C18H20N2O4S2. The maximum atomic E-state index is 12.6. The monoisotopic (exact) mass is 392 g/mol. The number of ether oxygens (including phenoxy) is 2. The standard InChI is InChI=1S/C18H20N2O4S2/c1-3-4-12-24-13-8-10-14(11-9-13)26(21,22)20-18-19-17-15(23-2)6-5-7-16(17)25-18/h5-11H,3-4,12H2,1-2H3,(H,19,20). The first-order valence-corrected chi connectivity index (χ1v) is 10.5. The Kier molecular flexibility index (Phi) is 5.63. The number of nitrogens with one attached hydrogen (secondary N) is 1. The van der Waals surface area contributed by atoms with Crippen LogP contribution in [0.3, 0.4) is 0 Å². The molecule has 26 heavy (non-hydrogen) atoms. The lowest BCUT2D eigenvalue weighted by Gasteiger charge is -2.08. The molecule has 1 aromatic heterocycles. The van der Waals surface area contributed by atoms with Crippen molar-refractivity contribution in [3.8, 4) is 11.5 Å². The van der Waals surface area contributed by atoms with Crippen molar-refractivity contribution in [1.29, 1.82) is 0 Å². The van der Waals surface area contributed by atoms with Gasteiger partial charge in [-0.1, -0.05) is 30.7 Å². The summed E-state index contributed by atoms with van der Waals surface area (Å²) in [5, 5.41) is 0.299. The van der Waals surface area contributed by atoms with Crippen molar-refractivity contribution < 1.29 is 17.9 Å². The van der Waals surface area contributed by atoms with E-state index in [1.54, 1.807) is 25.3 Å². The molecule has 1 N–H and O–H groups in total. The van der Waals surface area contributed by atoms with Crippen molar-refractivity contribution in [1.82, 2.24) is 4.98 Å². The fraction of sp³-hybridized carbons (Fsp3) is 0.278. The molecule has 0 radical (unpaired) electrons. The summed E-state index contributed by atoms with van der Waals surface area (Å²) < 4.78 is 39.4. The van der Waals surface area contributed by atoms with Gasteiger partial charge in [-0.2, -0.15) is 0 Å². The normalized spacial score (nSPS) is 11.5. The van der Waals surface area contributed by atoms with Gasteiger partial charge in [0.2, 0.25) is 0 Å². The number of aromatic nitrogens is 1. The highest BCUT2D eigenvalue weighted by molar-refractivity contribution is 7.93. The van der Waals surface area contributed by atoms with Gasteiger partial charge in [0.1, 0.15) is 17.0 Å². The number of benzene rings is 2. The topological polar surface area (TPSA) is 77.5 Å². The van der Waals surface area contributed by atoms with Gasteiger partial charge in [-0.25, -0.2) is 13.4 Å². The minimum Gasteiger partial charge on any atom is -0.494 e. The molecule has 0 aliphatic rings. The van der Waals surface area contributed by atoms with Crippen LogP contribution in [0.25, 0.3) is 10.2 Å². The Hall–Kier alpha value is -2.32. The van der Waals surface area contributed by atoms with Crippen molar-refractivity contribution in [2.24, 2.45) is 0 Å². The molecule has 0 aliphatic carbocycles. The van der Waals surface area contributed by atoms with Gasteiger partial charge < -0.3 is 9.47 Å². The Labute approximate surface area is 156 Å². The Bertz CT molecular complexity index is 982. The first kappa shape index (κ1) is 18.5. The van der Waals surface area contributed by atoms with Crippen molar-refractivity contribution in [2.45, 2.75) is 24.7 Å². The third kappa shape index (κ3) is 4.08. The van der Waals surface area contributed by atoms with Crippen molar-refractivity contribution in [3.63, 3.8) is 0 Å². The summed E-state index contributed by atoms with van der Waals surface area (Å²) in [6.07, 6.45) is 2.01. The molecule has 6 nitrogen and oxygen atoms in total. The third-order valence-electron chi connectivity index (χ3n) is 3.72. The second-order valence-electron chi connectivity index (χ2n) is 5.60. The molecule has 0 saturated heterocycles. The van der Waals surface area contributed by atoms with Gasteiger partial charge >= 0.3 is 0 Å². The maximum Gasteiger partial charge on any atom is 0.263 e. The molecule has 0 saturated carbocycles. The SMILES string of the molecule is CCCCOc1ccc(S(=O)(=O)Nc2nc3c(OC)cccc3s2)cc1. The van der Waals surface area contributed by atoms with Gasteiger partial charge in [0.25, 0.3) is 10.0 Å². The molecule has 0 aliphatic heterocycles. The predicted molar refractivity (Wildman–Crippen MR) is 104 cm³/mol. The summed E-state index contributed by atoms with van der Waals surface area (Å²) >= 11 is 1.26. The van der Waals surface area contributed by atoms with Gasteiger partial charge in [-0.3, -0.25) is 4.72 Å². The number of para-hydroxylation sites is 1. The lowest BCUT2D eigenvalue weighted by molar-refractivity contribution is 0.309. The minimum absolute atomic E-state index is 0.159. The zero-order valence-electron chi connectivity index (χ0n) is 14.6. The molecule has 0 atom stereocenters. The summed E-state index contributed by atoms with van der Waals surface area (Å²) in [6, 6.07) is 11.9. The van der Waals surface area contributed by atoms with Crippen LogP contribution in [0.15, 0.2) is 47.4 Å². The first-order valence-electron chi connectivity index (χ1n) is 8.22. The molecule has 0 amide bonds. The number of nitrogens with zero attached hydrogens (tertiary/aromatic N) is 1. The van der Waals surface area contributed by atoms with Crippen LogP contribution in [0.5, 0.6) is 11.5 Å². The van der Waals surface area contributed by atoms with Crippen LogP contribution in [-0.4, -0.2) is 27.1 Å². The van der Waals surface area contributed by atoms with Crippen LogP contribution in [0.4, 0.5) is 5.13 Å². The van der Waals surface area contributed by atoms with Gasteiger partial charge in [0, 0.05) is 0 Å². The molecule has 0 fully saturated rings. The Balaban J connectivity index is 1.78. The molecule has 2 aromatic carbocycles. The van der Waals surface area contributed by atoms with E-state index < -0.39 is 10.0 Å². The highest BCUT2D eigenvalue weighted by Gasteiger charge is 2.17. The molecule has 0 bridgehead atoms. The number of unbranched alkanes of at least 4 members (excludes halogenated alkanes) is 1. The smallest absolute Gasteiger partial charge is 0.263 e. The van der Waals surface area contributed by atoms with Crippen LogP contribution in [0.2, 0.25) is 0 Å².